The molecule has 11 heteroatoms. The zero-order chi connectivity index (χ0) is 15.7. The largest absolute Gasteiger partial charge is 0.472 e. The van der Waals surface area contributed by atoms with Gasteiger partial charge in [-0.2, -0.15) is 14.5 Å². The molecule has 0 radical (unpaired) electrons. The molecule has 0 aromatic carbocycles. The number of rotatable bonds is 4. The summed E-state index contributed by atoms with van der Waals surface area (Å²) in [5.74, 6) is 0.292. The standard InChI is InChI=1S/C10H9IN8O2/c1-18-10(20)19(17-16-18)7-4-13-15-9(11)6(7)5-21-8-2-3-12-14-8/h2-4H,5H2,1H3,(H,12,14)/i/hT. The fourth-order valence-corrected chi connectivity index (χ4v) is 2.16. The summed E-state index contributed by atoms with van der Waals surface area (Å²) in [6, 6.07) is 1.56. The fourth-order valence-electron chi connectivity index (χ4n) is 1.60. The van der Waals surface area contributed by atoms with Gasteiger partial charge in [0.05, 0.1) is 11.8 Å². The van der Waals surface area contributed by atoms with Crippen LogP contribution in [0.25, 0.3) is 5.69 Å². The molecular weight excluding hydrogens is 391 g/mol. The molecule has 108 valence electrons. The van der Waals surface area contributed by atoms with E-state index in [2.05, 4.69) is 25.7 Å². The number of halogens is 1. The van der Waals surface area contributed by atoms with Crippen LogP contribution in [0, 0.1) is 3.70 Å². The van der Waals surface area contributed by atoms with Gasteiger partial charge in [-0.25, -0.2) is 4.79 Å². The molecule has 3 aromatic rings. The predicted octanol–water partition coefficient (Wildman–Crippen LogP) is -0.337. The van der Waals surface area contributed by atoms with Crippen LogP contribution in [0.4, 0.5) is 0 Å². The molecule has 0 fully saturated rings. The number of aromatic amines is 1. The zero-order valence-electron chi connectivity index (χ0n) is 11.7. The Morgan fingerprint density at radius 2 is 2.38 bits per heavy atom. The van der Waals surface area contributed by atoms with Crippen LogP contribution < -0.4 is 10.4 Å². The molecular formula is C10H9IN8O2. The summed E-state index contributed by atoms with van der Waals surface area (Å²) in [5, 5.41) is 19.9. The average Bonchev–Trinajstić information content (AvgIpc) is 3.05. The lowest BCUT2D eigenvalue weighted by Crippen LogP contribution is -2.24. The molecule has 0 atom stereocenters. The molecule has 0 saturated heterocycles. The van der Waals surface area contributed by atoms with Gasteiger partial charge in [0.15, 0.2) is 1.41 Å². The van der Waals surface area contributed by atoms with Crippen LogP contribution in [0.2, 0.25) is 1.41 Å². The van der Waals surface area contributed by atoms with E-state index in [1.165, 1.54) is 19.4 Å². The topological polar surface area (TPSA) is 116 Å². The molecule has 21 heavy (non-hydrogen) atoms. The van der Waals surface area contributed by atoms with Gasteiger partial charge in [0, 0.05) is 19.3 Å². The number of nitrogens with zero attached hydrogens (tertiary/aromatic N) is 7. The Hall–Kier alpha value is -2.31. The van der Waals surface area contributed by atoms with E-state index < -0.39 is 5.69 Å². The highest BCUT2D eigenvalue weighted by atomic mass is 127. The second-order valence-electron chi connectivity index (χ2n) is 3.95. The van der Waals surface area contributed by atoms with E-state index in [9.17, 15) is 4.79 Å². The first-order chi connectivity index (χ1) is 10.6. The minimum atomic E-state index is -0.402. The van der Waals surface area contributed by atoms with Crippen molar-refractivity contribution in [2.24, 2.45) is 7.05 Å². The lowest BCUT2D eigenvalue weighted by Gasteiger charge is -2.08. The minimum Gasteiger partial charge on any atom is -0.472 e. The fraction of sp³-hybridized carbons (Fsp3) is 0.200. The third-order valence-corrected chi connectivity index (χ3v) is 3.50. The third-order valence-electron chi connectivity index (χ3n) is 2.64. The minimum absolute atomic E-state index is 0.100. The van der Waals surface area contributed by atoms with Crippen molar-refractivity contribution in [3.8, 4) is 11.6 Å². The smallest absolute Gasteiger partial charge is 0.368 e. The quantitative estimate of drug-likeness (QED) is 0.594. The number of hydrogen-bond acceptors (Lipinski definition) is 7. The first-order valence-electron chi connectivity index (χ1n) is 6.18. The number of H-pyrrole nitrogens is 1. The highest BCUT2D eigenvalue weighted by Gasteiger charge is 2.16. The molecule has 0 aliphatic heterocycles. The highest BCUT2D eigenvalue weighted by molar-refractivity contribution is 14.1. The summed E-state index contributed by atoms with van der Waals surface area (Å²) < 4.78 is 15.6. The van der Waals surface area contributed by atoms with Gasteiger partial charge in [-0.3, -0.25) is 5.09 Å². The Balaban J connectivity index is 1.96. The van der Waals surface area contributed by atoms with Crippen molar-refractivity contribution in [3.05, 3.63) is 38.2 Å². The molecule has 0 saturated carbocycles. The van der Waals surface area contributed by atoms with Gasteiger partial charge in [0.1, 0.15) is 16.0 Å². The summed E-state index contributed by atoms with van der Waals surface area (Å²) in [6.07, 6.45) is 2.86. The molecule has 0 unspecified atom stereocenters. The van der Waals surface area contributed by atoms with Crippen LogP contribution in [0.1, 0.15) is 5.56 Å². The van der Waals surface area contributed by atoms with Crippen molar-refractivity contribution < 1.29 is 6.15 Å². The molecule has 0 bridgehead atoms. The molecule has 1 N–H and O–H groups in total. The molecule has 0 amide bonds. The molecule has 3 aromatic heterocycles. The van der Waals surface area contributed by atoms with E-state index in [0.717, 1.165) is 14.5 Å². The van der Waals surface area contributed by atoms with Crippen molar-refractivity contribution in [1.29, 1.82) is 0 Å². The van der Waals surface area contributed by atoms with Crippen LogP contribution in [-0.4, -0.2) is 40.2 Å². The monoisotopic (exact) mass is 402 g/mol. The Labute approximate surface area is 132 Å². The molecule has 0 aliphatic rings. The number of nitrogens with one attached hydrogen (secondary N) is 1. The lowest BCUT2D eigenvalue weighted by atomic mass is 10.3. The second-order valence-corrected chi connectivity index (χ2v) is 4.98. The van der Waals surface area contributed by atoms with E-state index >= 15 is 0 Å². The first kappa shape index (κ1) is 12.4. The van der Waals surface area contributed by atoms with Gasteiger partial charge >= 0.3 is 5.69 Å². The maximum absolute atomic E-state index is 12.0. The van der Waals surface area contributed by atoms with Gasteiger partial charge in [-0.15, -0.1) is 10.2 Å². The maximum atomic E-state index is 12.0. The van der Waals surface area contributed by atoms with Crippen molar-refractivity contribution in [1.82, 2.24) is 40.2 Å². The van der Waals surface area contributed by atoms with E-state index in [1.807, 2.05) is 22.6 Å². The van der Waals surface area contributed by atoms with Crippen LogP contribution in [0.5, 0.6) is 5.88 Å². The van der Waals surface area contributed by atoms with E-state index in [-0.39, 0.29) is 6.61 Å². The number of aryl methyl sites for hydroxylation is 1. The number of ether oxygens (including phenoxy) is 1. The molecule has 3 heterocycles. The molecule has 3 rings (SSSR count). The SMILES string of the molecule is [3H]n1ccc(OCc2c(-n3nnn(C)c3=O)cnnc2I)n1. The van der Waals surface area contributed by atoms with Gasteiger partial charge < -0.3 is 4.74 Å². The van der Waals surface area contributed by atoms with Crippen molar-refractivity contribution in [3.63, 3.8) is 0 Å². The Bertz CT molecular complexity index is 872. The zero-order valence-corrected chi connectivity index (χ0v) is 12.9. The summed E-state index contributed by atoms with van der Waals surface area (Å²) >= 11 is 1.99. The first-order valence-corrected chi connectivity index (χ1v) is 6.81. The Kier molecular flexibility index (Phi) is 3.31. The number of hydrogen-bond donors (Lipinski definition) is 1. The summed E-state index contributed by atoms with van der Waals surface area (Å²) in [6.45, 7) is 0.100. The van der Waals surface area contributed by atoms with Crippen LogP contribution in [0.15, 0.2) is 23.3 Å². The third kappa shape index (κ3) is 2.63. The number of tetrazole rings is 1. The van der Waals surface area contributed by atoms with E-state index in [1.54, 1.807) is 6.07 Å². The van der Waals surface area contributed by atoms with Gasteiger partial charge in [0.2, 0.25) is 5.88 Å². The summed E-state index contributed by atoms with van der Waals surface area (Å²) in [5.41, 5.74) is 0.654. The van der Waals surface area contributed by atoms with Crippen LogP contribution in [0.3, 0.4) is 0 Å². The summed E-state index contributed by atoms with van der Waals surface area (Å²) in [4.78, 5) is 12.0. The van der Waals surface area contributed by atoms with Crippen LogP contribution >= 0.6 is 22.6 Å². The summed E-state index contributed by atoms with van der Waals surface area (Å²) in [7, 11) is 1.50. The average molecular weight is 402 g/mol. The maximum Gasteiger partial charge on any atom is 0.368 e. The van der Waals surface area contributed by atoms with Crippen molar-refractivity contribution in [2.45, 2.75) is 6.61 Å². The predicted molar refractivity (Wildman–Crippen MR) is 77.8 cm³/mol. The molecule has 10 nitrogen and oxygen atoms in total. The molecule has 0 spiro atoms. The number of aromatic nitrogens is 8. The van der Waals surface area contributed by atoms with Crippen LogP contribution in [-0.2, 0) is 13.7 Å². The van der Waals surface area contributed by atoms with E-state index in [0.29, 0.717) is 20.8 Å². The van der Waals surface area contributed by atoms with Gasteiger partial charge in [0.25, 0.3) is 0 Å². The Morgan fingerprint density at radius 3 is 3.05 bits per heavy atom. The second kappa shape index (κ2) is 5.59. The van der Waals surface area contributed by atoms with Gasteiger partial charge in [-0.05, 0) is 33.0 Å². The Morgan fingerprint density at radius 1 is 1.52 bits per heavy atom. The van der Waals surface area contributed by atoms with Gasteiger partial charge in [-0.1, -0.05) is 0 Å². The normalized spacial score (nSPS) is 11.4. The highest BCUT2D eigenvalue weighted by Crippen LogP contribution is 2.18. The van der Waals surface area contributed by atoms with E-state index in [4.69, 9.17) is 6.15 Å². The van der Waals surface area contributed by atoms with Crippen molar-refractivity contribution in [2.75, 3.05) is 0 Å². The lowest BCUT2D eigenvalue weighted by molar-refractivity contribution is 0.291. The molecule has 0 aliphatic carbocycles. The van der Waals surface area contributed by atoms with Crippen molar-refractivity contribution >= 4 is 22.6 Å².